The third-order valence-electron chi connectivity index (χ3n) is 4.21. The van der Waals surface area contributed by atoms with Crippen LogP contribution >= 0.6 is 0 Å². The Labute approximate surface area is 148 Å². The molecule has 0 saturated heterocycles. The van der Waals surface area contributed by atoms with Gasteiger partial charge in [-0.25, -0.2) is 0 Å². The van der Waals surface area contributed by atoms with E-state index in [1.807, 2.05) is 44.2 Å². The van der Waals surface area contributed by atoms with Gasteiger partial charge < -0.3 is 15.4 Å². The maximum Gasteiger partial charge on any atom is 0.253 e. The Morgan fingerprint density at radius 1 is 1.12 bits per heavy atom. The first-order valence-electron chi connectivity index (χ1n) is 8.90. The lowest BCUT2D eigenvalue weighted by Crippen LogP contribution is -2.32. The van der Waals surface area contributed by atoms with E-state index >= 15 is 0 Å². The number of pyridine rings is 1. The number of benzene rings is 1. The first-order chi connectivity index (χ1) is 12.1. The number of nitrogens with zero attached hydrogens (tertiary/aromatic N) is 1. The largest absolute Gasteiger partial charge is 0.491 e. The van der Waals surface area contributed by atoms with Gasteiger partial charge in [0.15, 0.2) is 0 Å². The number of nitrogens with one attached hydrogen (secondary N) is 2. The predicted molar refractivity (Wildman–Crippen MR) is 99.4 cm³/mol. The van der Waals surface area contributed by atoms with Crippen molar-refractivity contribution in [3.63, 3.8) is 0 Å². The van der Waals surface area contributed by atoms with Crippen molar-refractivity contribution in [1.29, 1.82) is 0 Å². The average Bonchev–Trinajstić information content (AvgIpc) is 3.09. The highest BCUT2D eigenvalue weighted by atomic mass is 16.5. The maximum atomic E-state index is 12.4. The van der Waals surface area contributed by atoms with E-state index in [2.05, 4.69) is 15.6 Å². The summed E-state index contributed by atoms with van der Waals surface area (Å²) in [5.74, 6) is 0.784. The second kappa shape index (κ2) is 8.01. The Morgan fingerprint density at radius 2 is 1.84 bits per heavy atom. The van der Waals surface area contributed by atoms with Gasteiger partial charge >= 0.3 is 0 Å². The van der Waals surface area contributed by atoms with Gasteiger partial charge in [-0.3, -0.25) is 9.78 Å². The summed E-state index contributed by atoms with van der Waals surface area (Å²) in [5.41, 5.74) is 2.29. The van der Waals surface area contributed by atoms with Crippen molar-refractivity contribution in [2.24, 2.45) is 0 Å². The summed E-state index contributed by atoms with van der Waals surface area (Å²) in [6, 6.07) is 9.87. The summed E-state index contributed by atoms with van der Waals surface area (Å²) in [6.07, 6.45) is 8.00. The van der Waals surface area contributed by atoms with Gasteiger partial charge in [0.2, 0.25) is 0 Å². The molecule has 0 atom stereocenters. The zero-order valence-electron chi connectivity index (χ0n) is 14.8. The number of aromatic nitrogens is 1. The first-order valence-corrected chi connectivity index (χ1v) is 8.90. The number of rotatable bonds is 6. The van der Waals surface area contributed by atoms with Crippen LogP contribution in [-0.4, -0.2) is 23.0 Å². The molecule has 1 amide bonds. The normalized spacial score (nSPS) is 14.5. The lowest BCUT2D eigenvalue weighted by molar-refractivity contribution is 0.0937. The van der Waals surface area contributed by atoms with Crippen LogP contribution in [0.1, 0.15) is 49.9 Å². The number of ether oxygens (including phenoxy) is 1. The van der Waals surface area contributed by atoms with E-state index in [0.717, 1.165) is 30.0 Å². The fraction of sp³-hybridized carbons (Fsp3) is 0.400. The molecular formula is C20H25N3O2. The van der Waals surface area contributed by atoms with Gasteiger partial charge in [0.25, 0.3) is 5.91 Å². The van der Waals surface area contributed by atoms with Crippen LogP contribution in [0.15, 0.2) is 42.7 Å². The van der Waals surface area contributed by atoms with Crippen molar-refractivity contribution < 1.29 is 9.53 Å². The summed E-state index contributed by atoms with van der Waals surface area (Å²) < 4.78 is 5.64. The number of anilines is 2. The monoisotopic (exact) mass is 339 g/mol. The fourth-order valence-electron chi connectivity index (χ4n) is 3.03. The molecule has 0 bridgehead atoms. The van der Waals surface area contributed by atoms with Gasteiger partial charge in [0.05, 0.1) is 23.6 Å². The van der Waals surface area contributed by atoms with E-state index in [0.29, 0.717) is 11.6 Å². The third kappa shape index (κ3) is 4.95. The second-order valence-electron chi connectivity index (χ2n) is 6.73. The summed E-state index contributed by atoms with van der Waals surface area (Å²) in [7, 11) is 0. The highest BCUT2D eigenvalue weighted by Crippen LogP contribution is 2.22. The molecule has 1 aromatic carbocycles. The van der Waals surface area contributed by atoms with Crippen LogP contribution in [0, 0.1) is 0 Å². The SMILES string of the molecule is CC(C)Oc1ccc(Nc2cncc(C(=O)NC3CCCC3)c2)cc1. The topological polar surface area (TPSA) is 63.2 Å². The quantitative estimate of drug-likeness (QED) is 0.824. The van der Waals surface area contributed by atoms with Crippen LogP contribution in [0.4, 0.5) is 11.4 Å². The summed E-state index contributed by atoms with van der Waals surface area (Å²) in [6.45, 7) is 4.00. The third-order valence-corrected chi connectivity index (χ3v) is 4.21. The number of hydrogen-bond acceptors (Lipinski definition) is 4. The molecule has 25 heavy (non-hydrogen) atoms. The Bertz CT molecular complexity index is 707. The van der Waals surface area contributed by atoms with E-state index < -0.39 is 0 Å². The van der Waals surface area contributed by atoms with E-state index in [1.54, 1.807) is 12.4 Å². The van der Waals surface area contributed by atoms with Crippen LogP contribution in [0.3, 0.4) is 0 Å². The number of carbonyl (C=O) groups is 1. The van der Waals surface area contributed by atoms with Crippen molar-refractivity contribution >= 4 is 17.3 Å². The maximum absolute atomic E-state index is 12.4. The van der Waals surface area contributed by atoms with Crippen LogP contribution < -0.4 is 15.4 Å². The second-order valence-corrected chi connectivity index (χ2v) is 6.73. The smallest absolute Gasteiger partial charge is 0.253 e. The molecule has 5 nitrogen and oxygen atoms in total. The molecule has 1 heterocycles. The van der Waals surface area contributed by atoms with Crippen molar-refractivity contribution in [1.82, 2.24) is 10.3 Å². The summed E-state index contributed by atoms with van der Waals surface area (Å²) >= 11 is 0. The highest BCUT2D eigenvalue weighted by Gasteiger charge is 2.18. The average molecular weight is 339 g/mol. The standard InChI is InChI=1S/C20H25N3O2/c1-14(2)25-19-9-7-17(8-10-19)22-18-11-15(12-21-13-18)20(24)23-16-5-3-4-6-16/h7-14,16,22H,3-6H2,1-2H3,(H,23,24). The zero-order valence-corrected chi connectivity index (χ0v) is 14.8. The van der Waals surface area contributed by atoms with E-state index in [-0.39, 0.29) is 12.0 Å². The van der Waals surface area contributed by atoms with Crippen molar-refractivity contribution in [2.45, 2.75) is 51.7 Å². The van der Waals surface area contributed by atoms with Gasteiger partial charge in [-0.05, 0) is 57.0 Å². The Hall–Kier alpha value is -2.56. The molecule has 1 saturated carbocycles. The number of hydrogen-bond donors (Lipinski definition) is 2. The number of carbonyl (C=O) groups excluding carboxylic acids is 1. The number of amides is 1. The molecule has 1 aliphatic rings. The zero-order chi connectivity index (χ0) is 17.6. The molecule has 2 aromatic rings. The molecule has 0 unspecified atom stereocenters. The van der Waals surface area contributed by atoms with Gasteiger partial charge in [0, 0.05) is 17.9 Å². The summed E-state index contributed by atoms with van der Waals surface area (Å²) in [5, 5.41) is 6.36. The minimum atomic E-state index is -0.0521. The molecule has 3 rings (SSSR count). The lowest BCUT2D eigenvalue weighted by Gasteiger charge is -2.13. The van der Waals surface area contributed by atoms with Gasteiger partial charge in [0.1, 0.15) is 5.75 Å². The first kappa shape index (κ1) is 17.3. The lowest BCUT2D eigenvalue weighted by atomic mass is 10.2. The molecule has 132 valence electrons. The molecule has 1 aromatic heterocycles. The van der Waals surface area contributed by atoms with Crippen molar-refractivity contribution in [3.8, 4) is 5.75 Å². The molecule has 1 fully saturated rings. The fourth-order valence-corrected chi connectivity index (χ4v) is 3.03. The van der Waals surface area contributed by atoms with Crippen molar-refractivity contribution in [2.75, 3.05) is 5.32 Å². The Kier molecular flexibility index (Phi) is 5.53. The van der Waals surface area contributed by atoms with Crippen LogP contribution in [-0.2, 0) is 0 Å². The Morgan fingerprint density at radius 3 is 2.52 bits per heavy atom. The van der Waals surface area contributed by atoms with E-state index in [9.17, 15) is 4.79 Å². The summed E-state index contributed by atoms with van der Waals surface area (Å²) in [4.78, 5) is 16.5. The molecule has 0 spiro atoms. The van der Waals surface area contributed by atoms with Crippen LogP contribution in [0.2, 0.25) is 0 Å². The van der Waals surface area contributed by atoms with Crippen LogP contribution in [0.25, 0.3) is 0 Å². The van der Waals surface area contributed by atoms with Gasteiger partial charge in [-0.2, -0.15) is 0 Å². The van der Waals surface area contributed by atoms with Crippen LogP contribution in [0.5, 0.6) is 5.75 Å². The minimum Gasteiger partial charge on any atom is -0.491 e. The van der Waals surface area contributed by atoms with E-state index in [1.165, 1.54) is 12.8 Å². The molecular weight excluding hydrogens is 314 g/mol. The van der Waals surface area contributed by atoms with E-state index in [4.69, 9.17) is 4.74 Å². The molecule has 0 radical (unpaired) electrons. The molecule has 1 aliphatic carbocycles. The minimum absolute atomic E-state index is 0.0521. The Balaban J connectivity index is 1.63. The predicted octanol–water partition coefficient (Wildman–Crippen LogP) is 4.28. The van der Waals surface area contributed by atoms with Gasteiger partial charge in [-0.15, -0.1) is 0 Å². The molecule has 5 heteroatoms. The van der Waals surface area contributed by atoms with Gasteiger partial charge in [-0.1, -0.05) is 12.8 Å². The highest BCUT2D eigenvalue weighted by molar-refractivity contribution is 5.95. The molecule has 0 aliphatic heterocycles. The van der Waals surface area contributed by atoms with Crippen molar-refractivity contribution in [3.05, 3.63) is 48.3 Å². The molecule has 2 N–H and O–H groups in total.